The Balaban J connectivity index is 2.73. The van der Waals surface area contributed by atoms with E-state index in [2.05, 4.69) is 62.0 Å². The molecule has 3 N–H and O–H groups in total. The second kappa shape index (κ2) is 7.29. The zero-order valence-electron chi connectivity index (χ0n) is 13.1. The molecule has 4 heteroatoms. The summed E-state index contributed by atoms with van der Waals surface area (Å²) in [5.74, 6) is 0.254. The molecule has 0 aliphatic heterocycles. The van der Waals surface area contributed by atoms with Crippen LogP contribution >= 0.6 is 0 Å². The van der Waals surface area contributed by atoms with Crippen molar-refractivity contribution >= 4 is 5.84 Å². The zero-order valence-corrected chi connectivity index (χ0v) is 13.1. The highest BCUT2D eigenvalue weighted by Gasteiger charge is 2.13. The Morgan fingerprint density at radius 2 is 1.85 bits per heavy atom. The van der Waals surface area contributed by atoms with E-state index in [0.717, 1.165) is 19.5 Å². The van der Waals surface area contributed by atoms with Gasteiger partial charge in [-0.1, -0.05) is 57.1 Å². The van der Waals surface area contributed by atoms with E-state index in [9.17, 15) is 0 Å². The molecule has 0 saturated heterocycles. The third-order valence-corrected chi connectivity index (χ3v) is 3.28. The van der Waals surface area contributed by atoms with E-state index in [4.69, 9.17) is 10.9 Å². The first-order valence-corrected chi connectivity index (χ1v) is 7.15. The highest BCUT2D eigenvalue weighted by molar-refractivity contribution is 5.81. The molecular formula is C16H27N3O. The number of oxime groups is 1. The van der Waals surface area contributed by atoms with Crippen molar-refractivity contribution in [2.75, 3.05) is 13.1 Å². The lowest BCUT2D eigenvalue weighted by Gasteiger charge is -2.22. The second-order valence-electron chi connectivity index (χ2n) is 6.25. The number of amidine groups is 1. The maximum absolute atomic E-state index is 8.68. The molecule has 1 aromatic rings. The van der Waals surface area contributed by atoms with Gasteiger partial charge in [-0.25, -0.2) is 0 Å². The Labute approximate surface area is 122 Å². The van der Waals surface area contributed by atoms with E-state index < -0.39 is 0 Å². The second-order valence-corrected chi connectivity index (χ2v) is 6.25. The predicted molar refractivity (Wildman–Crippen MR) is 84.1 cm³/mol. The quantitative estimate of drug-likeness (QED) is 0.364. The molecule has 0 atom stereocenters. The Morgan fingerprint density at radius 3 is 2.30 bits per heavy atom. The first-order chi connectivity index (χ1) is 9.36. The van der Waals surface area contributed by atoms with E-state index >= 15 is 0 Å². The maximum atomic E-state index is 8.68. The summed E-state index contributed by atoms with van der Waals surface area (Å²) in [7, 11) is 0. The van der Waals surface area contributed by atoms with Crippen LogP contribution in [0.3, 0.4) is 0 Å². The normalized spacial score (nSPS) is 12.9. The molecule has 0 aliphatic carbocycles. The monoisotopic (exact) mass is 277 g/mol. The molecule has 0 saturated carbocycles. The van der Waals surface area contributed by atoms with Gasteiger partial charge in [0, 0.05) is 6.54 Å². The van der Waals surface area contributed by atoms with Gasteiger partial charge in [0.05, 0.1) is 6.54 Å². The first kappa shape index (κ1) is 16.5. The summed E-state index contributed by atoms with van der Waals surface area (Å²) in [5.41, 5.74) is 8.35. The molecule has 0 unspecified atom stereocenters. The van der Waals surface area contributed by atoms with Crippen LogP contribution in [0.1, 0.15) is 45.2 Å². The molecule has 0 fully saturated rings. The molecule has 0 spiro atoms. The molecule has 20 heavy (non-hydrogen) atoms. The zero-order chi connectivity index (χ0) is 15.2. The molecule has 0 bridgehead atoms. The minimum atomic E-state index is 0.176. The SMILES string of the molecule is CCCN(CC(N)=NO)Cc1ccc(C(C)(C)C)cc1. The van der Waals surface area contributed by atoms with Gasteiger partial charge in [-0.3, -0.25) is 4.90 Å². The van der Waals surface area contributed by atoms with Crippen molar-refractivity contribution in [2.45, 2.75) is 46.1 Å². The molecule has 1 aromatic carbocycles. The number of nitrogens with two attached hydrogens (primary N) is 1. The van der Waals surface area contributed by atoms with Crippen molar-refractivity contribution in [3.8, 4) is 0 Å². The highest BCUT2D eigenvalue weighted by atomic mass is 16.4. The van der Waals surface area contributed by atoms with Gasteiger partial charge in [0.15, 0.2) is 5.84 Å². The largest absolute Gasteiger partial charge is 0.409 e. The highest BCUT2D eigenvalue weighted by Crippen LogP contribution is 2.22. The predicted octanol–water partition coefficient (Wildman–Crippen LogP) is 2.94. The van der Waals surface area contributed by atoms with Crippen LogP contribution in [0, 0.1) is 0 Å². The standard InChI is InChI=1S/C16H27N3O/c1-5-10-19(12-15(17)18-20)11-13-6-8-14(9-7-13)16(2,3)4/h6-9,20H,5,10-12H2,1-4H3,(H2,17,18). The van der Waals surface area contributed by atoms with E-state index in [-0.39, 0.29) is 11.3 Å². The van der Waals surface area contributed by atoms with Gasteiger partial charge in [0.2, 0.25) is 0 Å². The fourth-order valence-corrected chi connectivity index (χ4v) is 2.16. The van der Waals surface area contributed by atoms with Crippen LogP contribution in [0.4, 0.5) is 0 Å². The third kappa shape index (κ3) is 5.21. The van der Waals surface area contributed by atoms with Gasteiger partial charge in [-0.15, -0.1) is 0 Å². The molecule has 112 valence electrons. The summed E-state index contributed by atoms with van der Waals surface area (Å²) in [5, 5.41) is 11.7. The molecule has 4 nitrogen and oxygen atoms in total. The smallest absolute Gasteiger partial charge is 0.153 e. The van der Waals surface area contributed by atoms with Crippen LogP contribution in [-0.4, -0.2) is 29.0 Å². The fraction of sp³-hybridized carbons (Fsp3) is 0.562. The van der Waals surface area contributed by atoms with E-state index in [1.165, 1.54) is 11.1 Å². The molecule has 0 radical (unpaired) electrons. The Morgan fingerprint density at radius 1 is 1.25 bits per heavy atom. The van der Waals surface area contributed by atoms with Crippen LogP contribution in [0.5, 0.6) is 0 Å². The lowest BCUT2D eigenvalue weighted by atomic mass is 9.87. The number of rotatable bonds is 6. The minimum Gasteiger partial charge on any atom is -0.409 e. The maximum Gasteiger partial charge on any atom is 0.153 e. The Bertz CT molecular complexity index is 432. The van der Waals surface area contributed by atoms with E-state index in [0.29, 0.717) is 6.54 Å². The Hall–Kier alpha value is -1.55. The molecule has 0 aliphatic rings. The van der Waals surface area contributed by atoms with Gasteiger partial charge >= 0.3 is 0 Å². The topological polar surface area (TPSA) is 61.8 Å². The minimum absolute atomic E-state index is 0.176. The van der Waals surface area contributed by atoms with Gasteiger partial charge in [-0.2, -0.15) is 0 Å². The van der Waals surface area contributed by atoms with Crippen molar-refractivity contribution in [1.82, 2.24) is 4.90 Å². The van der Waals surface area contributed by atoms with Crippen molar-refractivity contribution in [1.29, 1.82) is 0 Å². The van der Waals surface area contributed by atoms with Crippen LogP contribution in [0.2, 0.25) is 0 Å². The average Bonchev–Trinajstić information content (AvgIpc) is 2.38. The summed E-state index contributed by atoms with van der Waals surface area (Å²) < 4.78 is 0. The summed E-state index contributed by atoms with van der Waals surface area (Å²) in [6.07, 6.45) is 1.04. The molecule has 0 amide bonds. The summed E-state index contributed by atoms with van der Waals surface area (Å²) in [4.78, 5) is 2.18. The number of nitrogens with zero attached hydrogens (tertiary/aromatic N) is 2. The summed E-state index contributed by atoms with van der Waals surface area (Å²) >= 11 is 0. The van der Waals surface area contributed by atoms with Crippen LogP contribution in [0.25, 0.3) is 0 Å². The van der Waals surface area contributed by atoms with Gasteiger partial charge < -0.3 is 10.9 Å². The van der Waals surface area contributed by atoms with Crippen LogP contribution in [0.15, 0.2) is 29.4 Å². The fourth-order valence-electron chi connectivity index (χ4n) is 2.16. The first-order valence-electron chi connectivity index (χ1n) is 7.15. The number of benzene rings is 1. The third-order valence-electron chi connectivity index (χ3n) is 3.28. The van der Waals surface area contributed by atoms with E-state index in [1.54, 1.807) is 0 Å². The van der Waals surface area contributed by atoms with Crippen LogP contribution in [-0.2, 0) is 12.0 Å². The van der Waals surface area contributed by atoms with E-state index in [1.807, 2.05) is 0 Å². The van der Waals surface area contributed by atoms with Crippen molar-refractivity contribution in [3.05, 3.63) is 35.4 Å². The number of hydrogen-bond acceptors (Lipinski definition) is 3. The lowest BCUT2D eigenvalue weighted by Crippen LogP contribution is -2.34. The lowest BCUT2D eigenvalue weighted by molar-refractivity contribution is 0.286. The average molecular weight is 277 g/mol. The Kier molecular flexibility index (Phi) is 6.02. The summed E-state index contributed by atoms with van der Waals surface area (Å²) in [6, 6.07) is 8.69. The molecule has 0 aromatic heterocycles. The van der Waals surface area contributed by atoms with Crippen molar-refractivity contribution < 1.29 is 5.21 Å². The van der Waals surface area contributed by atoms with Crippen LogP contribution < -0.4 is 5.73 Å². The summed E-state index contributed by atoms with van der Waals surface area (Å²) in [6.45, 7) is 11.0. The molecular weight excluding hydrogens is 250 g/mol. The van der Waals surface area contributed by atoms with Gasteiger partial charge in [0.25, 0.3) is 0 Å². The molecule has 1 rings (SSSR count). The van der Waals surface area contributed by atoms with Gasteiger partial charge in [-0.05, 0) is 29.5 Å². The van der Waals surface area contributed by atoms with Crippen molar-refractivity contribution in [2.24, 2.45) is 10.9 Å². The number of hydrogen-bond donors (Lipinski definition) is 2. The van der Waals surface area contributed by atoms with Crippen molar-refractivity contribution in [3.63, 3.8) is 0 Å². The van der Waals surface area contributed by atoms with Gasteiger partial charge in [0.1, 0.15) is 0 Å². The molecule has 0 heterocycles.